The molecule has 1 aliphatic rings. The number of imide groups is 1. The predicted molar refractivity (Wildman–Crippen MR) is 122 cm³/mol. The third-order valence-corrected chi connectivity index (χ3v) is 5.28. The number of urea groups is 1. The first-order chi connectivity index (χ1) is 15.4. The summed E-state index contributed by atoms with van der Waals surface area (Å²) in [5.74, 6) is -0.783. The highest BCUT2D eigenvalue weighted by atomic mass is 16.5. The molecule has 0 saturated carbocycles. The lowest BCUT2D eigenvalue weighted by atomic mass is 10.2. The molecule has 0 aliphatic carbocycles. The molecule has 0 atom stereocenters. The number of esters is 1. The van der Waals surface area contributed by atoms with Gasteiger partial charge in [-0.1, -0.05) is 24.3 Å². The molecule has 1 saturated heterocycles. The van der Waals surface area contributed by atoms with E-state index >= 15 is 0 Å². The number of aryl methyl sites for hydroxylation is 1. The number of para-hydroxylation sites is 1. The minimum Gasteiger partial charge on any atom is -0.462 e. The molecule has 1 aliphatic heterocycles. The lowest BCUT2D eigenvalue weighted by Crippen LogP contribution is -2.30. The third-order valence-electron chi connectivity index (χ3n) is 5.28. The zero-order chi connectivity index (χ0) is 22.8. The van der Waals surface area contributed by atoms with Gasteiger partial charge < -0.3 is 14.6 Å². The van der Waals surface area contributed by atoms with E-state index in [1.165, 1.54) is 0 Å². The third kappa shape index (κ3) is 3.80. The van der Waals surface area contributed by atoms with Crippen molar-refractivity contribution in [3.8, 4) is 5.69 Å². The standard InChI is InChI=1S/C25H23N3O4/c1-4-32-24(30)18-9-8-12-21(14-18)27-16(2)13-19(17(27)3)15-22-23(29)28(25(31)26-22)20-10-6-5-7-11-20/h5-15H,4H2,1-3H3,(H,26,31)/b22-15+. The zero-order valence-electron chi connectivity index (χ0n) is 18.1. The van der Waals surface area contributed by atoms with Crippen LogP contribution in [0.3, 0.4) is 0 Å². The van der Waals surface area contributed by atoms with Crippen LogP contribution < -0.4 is 10.2 Å². The number of amides is 3. The summed E-state index contributed by atoms with van der Waals surface area (Å²) < 4.78 is 7.09. The van der Waals surface area contributed by atoms with Gasteiger partial charge in [0.1, 0.15) is 5.70 Å². The summed E-state index contributed by atoms with van der Waals surface area (Å²) in [6, 6.07) is 17.4. The number of ether oxygens (including phenoxy) is 1. The Bertz CT molecular complexity index is 1240. The molecule has 3 aromatic rings. The SMILES string of the molecule is CCOC(=O)c1cccc(-n2c(C)cc(/C=C3/NC(=O)N(c4ccccc4)C3=O)c2C)c1. The summed E-state index contributed by atoms with van der Waals surface area (Å²) in [6.07, 6.45) is 1.68. The molecule has 1 fully saturated rings. The molecule has 3 amide bonds. The quantitative estimate of drug-likeness (QED) is 0.371. The average Bonchev–Trinajstić information content (AvgIpc) is 3.22. The molecule has 1 N–H and O–H groups in total. The van der Waals surface area contributed by atoms with Crippen LogP contribution in [0.5, 0.6) is 0 Å². The number of anilines is 1. The molecule has 2 heterocycles. The molecular formula is C25H23N3O4. The summed E-state index contributed by atoms with van der Waals surface area (Å²) >= 11 is 0. The highest BCUT2D eigenvalue weighted by molar-refractivity contribution is 6.28. The summed E-state index contributed by atoms with van der Waals surface area (Å²) in [4.78, 5) is 38.6. The molecule has 32 heavy (non-hydrogen) atoms. The fourth-order valence-electron chi connectivity index (χ4n) is 3.82. The van der Waals surface area contributed by atoms with E-state index in [0.29, 0.717) is 17.9 Å². The number of rotatable bonds is 5. The van der Waals surface area contributed by atoms with Crippen molar-refractivity contribution in [1.82, 2.24) is 9.88 Å². The van der Waals surface area contributed by atoms with Gasteiger partial charge in [0, 0.05) is 17.1 Å². The largest absolute Gasteiger partial charge is 0.462 e. The Morgan fingerprint density at radius 2 is 1.72 bits per heavy atom. The Morgan fingerprint density at radius 3 is 2.44 bits per heavy atom. The van der Waals surface area contributed by atoms with E-state index in [4.69, 9.17) is 4.74 Å². The van der Waals surface area contributed by atoms with Gasteiger partial charge in [0.2, 0.25) is 0 Å². The van der Waals surface area contributed by atoms with Crippen molar-refractivity contribution in [3.63, 3.8) is 0 Å². The van der Waals surface area contributed by atoms with E-state index in [0.717, 1.165) is 27.5 Å². The van der Waals surface area contributed by atoms with Crippen LogP contribution in [-0.2, 0) is 9.53 Å². The number of benzene rings is 2. The topological polar surface area (TPSA) is 80.6 Å². The van der Waals surface area contributed by atoms with Crippen LogP contribution in [0.2, 0.25) is 0 Å². The summed E-state index contributed by atoms with van der Waals surface area (Å²) in [7, 11) is 0. The number of nitrogens with zero attached hydrogens (tertiary/aromatic N) is 2. The van der Waals surface area contributed by atoms with E-state index in [9.17, 15) is 14.4 Å². The van der Waals surface area contributed by atoms with Crippen LogP contribution in [0, 0.1) is 13.8 Å². The highest BCUT2D eigenvalue weighted by Crippen LogP contribution is 2.26. The molecular weight excluding hydrogens is 406 g/mol. The van der Waals surface area contributed by atoms with Gasteiger partial charge in [-0.25, -0.2) is 14.5 Å². The number of aromatic nitrogens is 1. The first-order valence-corrected chi connectivity index (χ1v) is 10.3. The van der Waals surface area contributed by atoms with Crippen molar-refractivity contribution in [3.05, 3.63) is 88.9 Å². The van der Waals surface area contributed by atoms with E-state index in [1.807, 2.05) is 36.6 Å². The van der Waals surface area contributed by atoms with Gasteiger partial charge in [-0.05, 0) is 68.8 Å². The van der Waals surface area contributed by atoms with Crippen molar-refractivity contribution in [2.45, 2.75) is 20.8 Å². The fraction of sp³-hybridized carbons (Fsp3) is 0.160. The smallest absolute Gasteiger partial charge is 0.338 e. The second-order valence-electron chi connectivity index (χ2n) is 7.40. The number of hydrogen-bond donors (Lipinski definition) is 1. The molecule has 7 heteroatoms. The van der Waals surface area contributed by atoms with Gasteiger partial charge in [-0.2, -0.15) is 0 Å². The second-order valence-corrected chi connectivity index (χ2v) is 7.40. The maximum atomic E-state index is 12.9. The number of carbonyl (C=O) groups excluding carboxylic acids is 3. The Morgan fingerprint density at radius 1 is 1.00 bits per heavy atom. The first-order valence-electron chi connectivity index (χ1n) is 10.3. The number of nitrogens with one attached hydrogen (secondary N) is 1. The van der Waals surface area contributed by atoms with Gasteiger partial charge in [0.25, 0.3) is 5.91 Å². The molecule has 7 nitrogen and oxygen atoms in total. The molecule has 0 unspecified atom stereocenters. The van der Waals surface area contributed by atoms with Gasteiger partial charge in [-0.15, -0.1) is 0 Å². The summed E-state index contributed by atoms with van der Waals surface area (Å²) in [6.45, 7) is 5.94. The maximum absolute atomic E-state index is 12.9. The van der Waals surface area contributed by atoms with E-state index < -0.39 is 11.9 Å². The van der Waals surface area contributed by atoms with Crippen molar-refractivity contribution in [2.24, 2.45) is 0 Å². The molecule has 4 rings (SSSR count). The van der Waals surface area contributed by atoms with Crippen LogP contribution in [0.4, 0.5) is 10.5 Å². The Hall–Kier alpha value is -4.13. The minimum absolute atomic E-state index is 0.208. The normalized spacial score (nSPS) is 14.7. The molecule has 0 radical (unpaired) electrons. The van der Waals surface area contributed by atoms with E-state index in [2.05, 4.69) is 5.32 Å². The molecule has 2 aromatic carbocycles. The lowest BCUT2D eigenvalue weighted by molar-refractivity contribution is -0.113. The predicted octanol–water partition coefficient (Wildman–Crippen LogP) is 4.37. The Labute approximate surface area is 185 Å². The van der Waals surface area contributed by atoms with E-state index in [1.54, 1.807) is 55.5 Å². The maximum Gasteiger partial charge on any atom is 0.338 e. The van der Waals surface area contributed by atoms with Crippen LogP contribution in [-0.4, -0.2) is 29.1 Å². The Balaban J connectivity index is 1.68. The van der Waals surface area contributed by atoms with Gasteiger partial charge >= 0.3 is 12.0 Å². The second kappa shape index (κ2) is 8.55. The van der Waals surface area contributed by atoms with Crippen LogP contribution in [0.1, 0.15) is 34.2 Å². The van der Waals surface area contributed by atoms with Crippen molar-refractivity contribution < 1.29 is 19.1 Å². The first kappa shape index (κ1) is 21.1. The Kier molecular flexibility index (Phi) is 5.64. The van der Waals surface area contributed by atoms with Crippen molar-refractivity contribution in [2.75, 3.05) is 11.5 Å². The monoisotopic (exact) mass is 429 g/mol. The average molecular weight is 429 g/mol. The molecule has 0 bridgehead atoms. The van der Waals surface area contributed by atoms with Crippen molar-refractivity contribution in [1.29, 1.82) is 0 Å². The number of carbonyl (C=O) groups is 3. The molecule has 0 spiro atoms. The summed E-state index contributed by atoms with van der Waals surface area (Å²) in [5.41, 5.74) is 4.58. The van der Waals surface area contributed by atoms with Crippen LogP contribution >= 0.6 is 0 Å². The zero-order valence-corrected chi connectivity index (χ0v) is 18.1. The lowest BCUT2D eigenvalue weighted by Gasteiger charge is -2.11. The van der Waals surface area contributed by atoms with Crippen molar-refractivity contribution >= 4 is 29.7 Å². The highest BCUT2D eigenvalue weighted by Gasteiger charge is 2.35. The van der Waals surface area contributed by atoms with Crippen LogP contribution in [0.15, 0.2) is 66.4 Å². The molecule has 162 valence electrons. The minimum atomic E-state index is -0.483. The van der Waals surface area contributed by atoms with E-state index in [-0.39, 0.29) is 11.7 Å². The van der Waals surface area contributed by atoms with Crippen LogP contribution in [0.25, 0.3) is 11.8 Å². The van der Waals surface area contributed by atoms with Gasteiger partial charge in [-0.3, -0.25) is 4.79 Å². The molecule has 1 aromatic heterocycles. The van der Waals surface area contributed by atoms with Gasteiger partial charge in [0.15, 0.2) is 0 Å². The number of hydrogen-bond acceptors (Lipinski definition) is 4. The van der Waals surface area contributed by atoms with Gasteiger partial charge in [0.05, 0.1) is 17.9 Å². The summed E-state index contributed by atoms with van der Waals surface area (Å²) in [5, 5.41) is 2.66. The fourth-order valence-corrected chi connectivity index (χ4v) is 3.82.